The van der Waals surface area contributed by atoms with Crippen LogP contribution >= 0.6 is 11.6 Å². The predicted molar refractivity (Wildman–Crippen MR) is 80.4 cm³/mol. The van der Waals surface area contributed by atoms with E-state index in [-0.39, 0.29) is 0 Å². The summed E-state index contributed by atoms with van der Waals surface area (Å²) in [6.07, 6.45) is 5.14. The van der Waals surface area contributed by atoms with Crippen LogP contribution < -0.4 is 5.32 Å². The molecule has 19 heavy (non-hydrogen) atoms. The first-order chi connectivity index (χ1) is 9.11. The molecule has 0 aliphatic heterocycles. The fourth-order valence-corrected chi connectivity index (χ4v) is 3.21. The topological polar surface area (TPSA) is 35.8 Å². The molecule has 1 fully saturated rings. The Bertz CT molecular complexity index is 476. The van der Waals surface area contributed by atoms with Crippen molar-refractivity contribution >= 4 is 17.3 Å². The zero-order valence-corrected chi connectivity index (χ0v) is 12.4. The average molecular weight is 277 g/mol. The minimum atomic E-state index is 0.515. The van der Waals surface area contributed by atoms with Crippen LogP contribution in [-0.4, -0.2) is 6.04 Å². The molecular formula is C16H21ClN2. The molecule has 2 rings (SSSR count). The quantitative estimate of drug-likeness (QED) is 0.857. The Hall–Kier alpha value is -1.20. The Morgan fingerprint density at radius 2 is 2.05 bits per heavy atom. The van der Waals surface area contributed by atoms with Crippen LogP contribution in [-0.2, 0) is 0 Å². The number of anilines is 1. The average Bonchev–Trinajstić information content (AvgIpc) is 2.41. The highest BCUT2D eigenvalue weighted by molar-refractivity contribution is 6.31. The predicted octanol–water partition coefficient (Wildman–Crippen LogP) is 4.84. The van der Waals surface area contributed by atoms with Gasteiger partial charge in [0.25, 0.3) is 0 Å². The molecule has 1 aliphatic carbocycles. The summed E-state index contributed by atoms with van der Waals surface area (Å²) in [7, 11) is 0. The van der Waals surface area contributed by atoms with Crippen LogP contribution in [0, 0.1) is 23.2 Å². The second-order valence-electron chi connectivity index (χ2n) is 5.75. The Balaban J connectivity index is 2.13. The number of halogens is 1. The number of benzene rings is 1. The van der Waals surface area contributed by atoms with Crippen molar-refractivity contribution in [2.24, 2.45) is 11.8 Å². The number of hydrogen-bond donors (Lipinski definition) is 1. The molecule has 1 saturated carbocycles. The Kier molecular flexibility index (Phi) is 4.71. The Labute approximate surface area is 120 Å². The van der Waals surface area contributed by atoms with Crippen molar-refractivity contribution in [2.45, 2.75) is 45.6 Å². The molecule has 0 bridgehead atoms. The van der Waals surface area contributed by atoms with Gasteiger partial charge in [0.2, 0.25) is 0 Å². The largest absolute Gasteiger partial charge is 0.382 e. The smallest absolute Gasteiger partial charge is 0.101 e. The number of hydrogen-bond acceptors (Lipinski definition) is 2. The summed E-state index contributed by atoms with van der Waals surface area (Å²) in [6, 6.07) is 8.27. The van der Waals surface area contributed by atoms with E-state index in [1.165, 1.54) is 25.7 Å². The number of rotatable bonds is 3. The first-order valence-electron chi connectivity index (χ1n) is 7.08. The third-order valence-corrected chi connectivity index (χ3v) is 4.44. The molecule has 2 nitrogen and oxygen atoms in total. The van der Waals surface area contributed by atoms with Crippen LogP contribution in [0.2, 0.25) is 5.02 Å². The van der Waals surface area contributed by atoms with Gasteiger partial charge in [-0.15, -0.1) is 0 Å². The van der Waals surface area contributed by atoms with Crippen LogP contribution in [0.15, 0.2) is 18.2 Å². The molecule has 1 aromatic carbocycles. The summed E-state index contributed by atoms with van der Waals surface area (Å²) in [6.45, 7) is 4.60. The van der Waals surface area contributed by atoms with Gasteiger partial charge in [0, 0.05) is 11.7 Å². The third-order valence-electron chi connectivity index (χ3n) is 4.11. The van der Waals surface area contributed by atoms with Gasteiger partial charge < -0.3 is 5.32 Å². The molecule has 0 spiro atoms. The van der Waals surface area contributed by atoms with Crippen LogP contribution in [0.25, 0.3) is 0 Å². The SMILES string of the molecule is CC(C)C1CCCCC1Nc1ccc(Cl)c(C#N)c1. The van der Waals surface area contributed by atoms with Gasteiger partial charge in [-0.3, -0.25) is 0 Å². The van der Waals surface area contributed by atoms with E-state index in [0.29, 0.717) is 22.5 Å². The van der Waals surface area contributed by atoms with Crippen molar-refractivity contribution in [2.75, 3.05) is 5.32 Å². The zero-order chi connectivity index (χ0) is 13.8. The van der Waals surface area contributed by atoms with Gasteiger partial charge in [-0.2, -0.15) is 5.26 Å². The second-order valence-corrected chi connectivity index (χ2v) is 6.16. The van der Waals surface area contributed by atoms with E-state index in [2.05, 4.69) is 25.2 Å². The monoisotopic (exact) mass is 276 g/mol. The molecule has 0 radical (unpaired) electrons. The Morgan fingerprint density at radius 1 is 1.32 bits per heavy atom. The number of nitriles is 1. The molecule has 2 unspecified atom stereocenters. The van der Waals surface area contributed by atoms with E-state index in [1.54, 1.807) is 6.07 Å². The maximum Gasteiger partial charge on any atom is 0.101 e. The Morgan fingerprint density at radius 3 is 2.74 bits per heavy atom. The summed E-state index contributed by atoms with van der Waals surface area (Å²) in [5.74, 6) is 1.41. The van der Waals surface area contributed by atoms with Crippen molar-refractivity contribution in [1.29, 1.82) is 5.26 Å². The maximum atomic E-state index is 9.03. The van der Waals surface area contributed by atoms with Crippen LogP contribution in [0.1, 0.15) is 45.1 Å². The first-order valence-corrected chi connectivity index (χ1v) is 7.46. The van der Waals surface area contributed by atoms with Crippen molar-refractivity contribution in [1.82, 2.24) is 0 Å². The molecule has 1 N–H and O–H groups in total. The lowest BCUT2D eigenvalue weighted by Crippen LogP contribution is -2.35. The number of nitrogens with zero attached hydrogens (tertiary/aromatic N) is 1. The van der Waals surface area contributed by atoms with E-state index in [4.69, 9.17) is 16.9 Å². The molecule has 2 atom stereocenters. The van der Waals surface area contributed by atoms with E-state index in [9.17, 15) is 0 Å². The zero-order valence-electron chi connectivity index (χ0n) is 11.6. The molecule has 0 heterocycles. The maximum absolute atomic E-state index is 9.03. The lowest BCUT2D eigenvalue weighted by molar-refractivity contribution is 0.254. The van der Waals surface area contributed by atoms with Crippen molar-refractivity contribution < 1.29 is 0 Å². The third kappa shape index (κ3) is 3.42. The van der Waals surface area contributed by atoms with Gasteiger partial charge in [0.15, 0.2) is 0 Å². The fourth-order valence-electron chi connectivity index (χ4n) is 3.05. The molecule has 3 heteroatoms. The van der Waals surface area contributed by atoms with E-state index < -0.39 is 0 Å². The lowest BCUT2D eigenvalue weighted by Gasteiger charge is -2.35. The molecule has 1 aromatic rings. The van der Waals surface area contributed by atoms with Gasteiger partial charge in [0.05, 0.1) is 10.6 Å². The molecule has 0 amide bonds. The molecule has 1 aliphatic rings. The van der Waals surface area contributed by atoms with Crippen LogP contribution in [0.3, 0.4) is 0 Å². The van der Waals surface area contributed by atoms with E-state index in [0.717, 1.165) is 11.6 Å². The minimum Gasteiger partial charge on any atom is -0.382 e. The summed E-state index contributed by atoms with van der Waals surface area (Å²) >= 11 is 5.97. The van der Waals surface area contributed by atoms with Gasteiger partial charge in [0.1, 0.15) is 6.07 Å². The van der Waals surface area contributed by atoms with Gasteiger partial charge in [-0.05, 0) is 42.9 Å². The van der Waals surface area contributed by atoms with Gasteiger partial charge >= 0.3 is 0 Å². The van der Waals surface area contributed by atoms with Crippen molar-refractivity contribution in [3.05, 3.63) is 28.8 Å². The minimum absolute atomic E-state index is 0.515. The summed E-state index contributed by atoms with van der Waals surface area (Å²) in [4.78, 5) is 0. The molecule has 0 saturated heterocycles. The fraction of sp³-hybridized carbons (Fsp3) is 0.562. The van der Waals surface area contributed by atoms with Gasteiger partial charge in [-0.25, -0.2) is 0 Å². The van der Waals surface area contributed by atoms with Gasteiger partial charge in [-0.1, -0.05) is 38.3 Å². The highest BCUT2D eigenvalue weighted by Crippen LogP contribution is 2.32. The van der Waals surface area contributed by atoms with Crippen LogP contribution in [0.5, 0.6) is 0 Å². The molecule has 102 valence electrons. The van der Waals surface area contributed by atoms with E-state index in [1.807, 2.05) is 12.1 Å². The first kappa shape index (κ1) is 14.2. The highest BCUT2D eigenvalue weighted by Gasteiger charge is 2.27. The van der Waals surface area contributed by atoms with Crippen molar-refractivity contribution in [3.63, 3.8) is 0 Å². The lowest BCUT2D eigenvalue weighted by atomic mass is 9.78. The second kappa shape index (κ2) is 6.30. The molecular weight excluding hydrogens is 256 g/mol. The highest BCUT2D eigenvalue weighted by atomic mass is 35.5. The standard InChI is InChI=1S/C16H21ClN2/c1-11(2)14-5-3-4-6-16(14)19-13-7-8-15(17)12(9-13)10-18/h7-9,11,14,16,19H,3-6H2,1-2H3. The van der Waals surface area contributed by atoms with Crippen LogP contribution in [0.4, 0.5) is 5.69 Å². The molecule has 0 aromatic heterocycles. The summed E-state index contributed by atoms with van der Waals surface area (Å²) in [5.41, 5.74) is 1.56. The van der Waals surface area contributed by atoms with Crippen molar-refractivity contribution in [3.8, 4) is 6.07 Å². The summed E-state index contributed by atoms with van der Waals surface area (Å²) in [5, 5.41) is 13.2. The summed E-state index contributed by atoms with van der Waals surface area (Å²) < 4.78 is 0. The number of nitrogens with one attached hydrogen (secondary N) is 1. The van der Waals surface area contributed by atoms with E-state index >= 15 is 0 Å². The normalized spacial score (nSPS) is 23.1.